The van der Waals surface area contributed by atoms with Crippen LogP contribution in [0.15, 0.2) is 66.7 Å². The standard InChI is InChI=1S/C22H22O4/c1-16(10-11-23)17-2-6-20(7-3-17)26-22-9-5-18-4-8-21(25-13-12-24)14-19(18)15-22/h2-10,14-15,23-24H,11-13H2,1H3. The van der Waals surface area contributed by atoms with Gasteiger partial charge in [0, 0.05) is 0 Å². The van der Waals surface area contributed by atoms with Crippen LogP contribution in [-0.4, -0.2) is 30.0 Å². The molecule has 0 unspecified atom stereocenters. The summed E-state index contributed by atoms with van der Waals surface area (Å²) in [6.45, 7) is 2.26. The third-order valence-corrected chi connectivity index (χ3v) is 4.09. The Hall–Kier alpha value is -2.82. The summed E-state index contributed by atoms with van der Waals surface area (Å²) in [6.07, 6.45) is 1.77. The summed E-state index contributed by atoms with van der Waals surface area (Å²) in [7, 11) is 0. The van der Waals surface area contributed by atoms with Crippen molar-refractivity contribution in [1.82, 2.24) is 0 Å². The molecule has 3 rings (SSSR count). The molecule has 0 aliphatic heterocycles. The van der Waals surface area contributed by atoms with E-state index in [2.05, 4.69) is 0 Å². The minimum Gasteiger partial charge on any atom is -0.491 e. The van der Waals surface area contributed by atoms with Gasteiger partial charge >= 0.3 is 0 Å². The molecule has 0 radical (unpaired) electrons. The molecule has 0 aliphatic carbocycles. The van der Waals surface area contributed by atoms with Gasteiger partial charge in [0.25, 0.3) is 0 Å². The van der Waals surface area contributed by atoms with Crippen LogP contribution >= 0.6 is 0 Å². The molecule has 0 saturated heterocycles. The molecule has 0 aromatic heterocycles. The van der Waals surface area contributed by atoms with E-state index < -0.39 is 0 Å². The molecule has 0 bridgehead atoms. The number of benzene rings is 3. The van der Waals surface area contributed by atoms with Gasteiger partial charge in [-0.1, -0.05) is 30.3 Å². The van der Waals surface area contributed by atoms with Crippen LogP contribution < -0.4 is 9.47 Å². The Morgan fingerprint density at radius 2 is 1.50 bits per heavy atom. The van der Waals surface area contributed by atoms with Crippen LogP contribution in [0.5, 0.6) is 17.2 Å². The molecular weight excluding hydrogens is 328 g/mol. The molecule has 0 aliphatic rings. The second-order valence-electron chi connectivity index (χ2n) is 5.94. The lowest BCUT2D eigenvalue weighted by Crippen LogP contribution is -2.01. The molecule has 0 fully saturated rings. The van der Waals surface area contributed by atoms with Gasteiger partial charge in [-0.3, -0.25) is 0 Å². The monoisotopic (exact) mass is 350 g/mol. The molecule has 0 heterocycles. The highest BCUT2D eigenvalue weighted by Crippen LogP contribution is 2.29. The predicted octanol–water partition coefficient (Wildman–Crippen LogP) is 4.40. The van der Waals surface area contributed by atoms with Gasteiger partial charge in [0.05, 0.1) is 13.2 Å². The zero-order valence-electron chi connectivity index (χ0n) is 14.7. The number of hydrogen-bond acceptors (Lipinski definition) is 4. The van der Waals surface area contributed by atoms with Crippen LogP contribution in [0.1, 0.15) is 12.5 Å². The number of allylic oxidation sites excluding steroid dienone is 1. The lowest BCUT2D eigenvalue weighted by molar-refractivity contribution is 0.201. The Morgan fingerprint density at radius 1 is 0.846 bits per heavy atom. The molecule has 0 amide bonds. The van der Waals surface area contributed by atoms with Crippen molar-refractivity contribution in [1.29, 1.82) is 0 Å². The van der Waals surface area contributed by atoms with E-state index in [1.165, 1.54) is 0 Å². The minimum absolute atomic E-state index is 0.00977. The van der Waals surface area contributed by atoms with Gasteiger partial charge in [0.15, 0.2) is 0 Å². The quantitative estimate of drug-likeness (QED) is 0.663. The second kappa shape index (κ2) is 8.52. The third-order valence-electron chi connectivity index (χ3n) is 4.09. The zero-order valence-corrected chi connectivity index (χ0v) is 14.7. The molecule has 0 atom stereocenters. The van der Waals surface area contributed by atoms with E-state index in [-0.39, 0.29) is 19.8 Å². The van der Waals surface area contributed by atoms with Crippen molar-refractivity contribution in [3.05, 3.63) is 72.3 Å². The third kappa shape index (κ3) is 4.42. The maximum atomic E-state index is 8.98. The lowest BCUT2D eigenvalue weighted by atomic mass is 10.1. The number of rotatable bonds is 7. The van der Waals surface area contributed by atoms with Crippen molar-refractivity contribution < 1.29 is 19.7 Å². The molecule has 3 aromatic carbocycles. The fourth-order valence-electron chi connectivity index (χ4n) is 2.70. The molecule has 2 N–H and O–H groups in total. The van der Waals surface area contributed by atoms with Gasteiger partial charge in [-0.2, -0.15) is 0 Å². The second-order valence-corrected chi connectivity index (χ2v) is 5.94. The first kappa shape index (κ1) is 18.0. The number of ether oxygens (including phenoxy) is 2. The molecule has 4 nitrogen and oxygen atoms in total. The molecule has 0 saturated carbocycles. The van der Waals surface area contributed by atoms with Gasteiger partial charge in [-0.25, -0.2) is 0 Å². The van der Waals surface area contributed by atoms with Gasteiger partial charge < -0.3 is 19.7 Å². The smallest absolute Gasteiger partial charge is 0.128 e. The van der Waals surface area contributed by atoms with E-state index in [4.69, 9.17) is 19.7 Å². The van der Waals surface area contributed by atoms with E-state index in [1.54, 1.807) is 6.08 Å². The highest BCUT2D eigenvalue weighted by atomic mass is 16.5. The molecule has 4 heteroatoms. The first-order valence-corrected chi connectivity index (χ1v) is 8.53. The van der Waals surface area contributed by atoms with Crippen molar-refractivity contribution in [3.63, 3.8) is 0 Å². The summed E-state index contributed by atoms with van der Waals surface area (Å²) in [5.41, 5.74) is 2.08. The summed E-state index contributed by atoms with van der Waals surface area (Å²) in [5.74, 6) is 2.21. The Bertz CT molecular complexity index is 898. The molecule has 26 heavy (non-hydrogen) atoms. The van der Waals surface area contributed by atoms with E-state index in [0.717, 1.165) is 39.2 Å². The summed E-state index contributed by atoms with van der Waals surface area (Å²) >= 11 is 0. The first-order chi connectivity index (χ1) is 12.7. The average Bonchev–Trinajstić information content (AvgIpc) is 2.67. The maximum Gasteiger partial charge on any atom is 0.128 e. The fourth-order valence-corrected chi connectivity index (χ4v) is 2.70. The summed E-state index contributed by atoms with van der Waals surface area (Å²) < 4.78 is 11.4. The lowest BCUT2D eigenvalue weighted by Gasteiger charge is -2.09. The van der Waals surface area contributed by atoms with Crippen molar-refractivity contribution in [3.8, 4) is 17.2 Å². The van der Waals surface area contributed by atoms with E-state index in [0.29, 0.717) is 0 Å². The van der Waals surface area contributed by atoms with Crippen LogP contribution in [0.4, 0.5) is 0 Å². The van der Waals surface area contributed by atoms with Crippen molar-refractivity contribution in [2.45, 2.75) is 6.92 Å². The van der Waals surface area contributed by atoms with Gasteiger partial charge in [-0.05, 0) is 65.2 Å². The van der Waals surface area contributed by atoms with Gasteiger partial charge in [-0.15, -0.1) is 0 Å². The predicted molar refractivity (Wildman–Crippen MR) is 104 cm³/mol. The topological polar surface area (TPSA) is 58.9 Å². The van der Waals surface area contributed by atoms with E-state index in [1.807, 2.05) is 67.6 Å². The summed E-state index contributed by atoms with van der Waals surface area (Å²) in [4.78, 5) is 0. The van der Waals surface area contributed by atoms with Crippen LogP contribution in [0.2, 0.25) is 0 Å². The Morgan fingerprint density at radius 3 is 2.19 bits per heavy atom. The molecule has 134 valence electrons. The van der Waals surface area contributed by atoms with Crippen LogP contribution in [-0.2, 0) is 0 Å². The number of fused-ring (bicyclic) bond motifs is 1. The zero-order chi connectivity index (χ0) is 18.4. The highest BCUT2D eigenvalue weighted by Gasteiger charge is 2.03. The Labute approximate surface area is 152 Å². The van der Waals surface area contributed by atoms with E-state index >= 15 is 0 Å². The van der Waals surface area contributed by atoms with Gasteiger partial charge in [0.2, 0.25) is 0 Å². The molecule has 3 aromatic rings. The molecular formula is C22H22O4. The van der Waals surface area contributed by atoms with E-state index in [9.17, 15) is 0 Å². The van der Waals surface area contributed by atoms with Crippen molar-refractivity contribution in [2.24, 2.45) is 0 Å². The largest absolute Gasteiger partial charge is 0.491 e. The summed E-state index contributed by atoms with van der Waals surface area (Å²) in [6, 6.07) is 19.5. The summed E-state index contributed by atoms with van der Waals surface area (Å²) in [5, 5.41) is 20.0. The molecule has 0 spiro atoms. The fraction of sp³-hybridized carbons (Fsp3) is 0.182. The minimum atomic E-state index is -0.00977. The van der Waals surface area contributed by atoms with Crippen molar-refractivity contribution >= 4 is 16.3 Å². The maximum absolute atomic E-state index is 8.98. The Kier molecular flexibility index (Phi) is 5.89. The normalized spacial score (nSPS) is 11.6. The van der Waals surface area contributed by atoms with Gasteiger partial charge in [0.1, 0.15) is 23.9 Å². The highest BCUT2D eigenvalue weighted by molar-refractivity contribution is 5.85. The van der Waals surface area contributed by atoms with Crippen LogP contribution in [0.3, 0.4) is 0 Å². The Balaban J connectivity index is 1.78. The SMILES string of the molecule is CC(=CCO)c1ccc(Oc2ccc3ccc(OCCO)cc3c2)cc1. The van der Waals surface area contributed by atoms with Crippen LogP contribution in [0.25, 0.3) is 16.3 Å². The number of aliphatic hydroxyl groups excluding tert-OH is 2. The number of aliphatic hydroxyl groups is 2. The average molecular weight is 350 g/mol. The van der Waals surface area contributed by atoms with Crippen LogP contribution in [0, 0.1) is 0 Å². The first-order valence-electron chi connectivity index (χ1n) is 8.53. The van der Waals surface area contributed by atoms with Crippen molar-refractivity contribution in [2.75, 3.05) is 19.8 Å². The number of hydrogen-bond donors (Lipinski definition) is 2.